The highest BCUT2D eigenvalue weighted by Gasteiger charge is 1.90. The van der Waals surface area contributed by atoms with Crippen molar-refractivity contribution >= 4 is 52.4 Å². The van der Waals surface area contributed by atoms with Gasteiger partial charge in [0.2, 0.25) is 0 Å². The van der Waals surface area contributed by atoms with Gasteiger partial charge in [-0.1, -0.05) is 39.7 Å². The molecule has 0 bridgehead atoms. The quantitative estimate of drug-likeness (QED) is 0.550. The van der Waals surface area contributed by atoms with Crippen molar-refractivity contribution in [3.63, 3.8) is 0 Å². The molecule has 0 N–H and O–H groups in total. The Hall–Kier alpha value is 1.87. The van der Waals surface area contributed by atoms with Gasteiger partial charge in [0.25, 0.3) is 0 Å². The Morgan fingerprint density at radius 2 is 2.22 bits per heavy atom. The van der Waals surface area contributed by atoms with Crippen LogP contribution in [0.25, 0.3) is 0 Å². The van der Waals surface area contributed by atoms with Crippen LogP contribution in [-0.2, 0) is 4.79 Å². The van der Waals surface area contributed by atoms with E-state index in [9.17, 15) is 4.79 Å². The third-order valence-electron chi connectivity index (χ3n) is 0.535. The van der Waals surface area contributed by atoms with E-state index in [0.29, 0.717) is 5.78 Å². The van der Waals surface area contributed by atoms with Gasteiger partial charge in [-0.3, -0.25) is 4.79 Å². The average molecular weight is 265 g/mol. The first-order valence-corrected chi connectivity index (χ1v) is 11.8. The van der Waals surface area contributed by atoms with Gasteiger partial charge in [-0.2, -0.15) is 0 Å². The van der Waals surface area contributed by atoms with Crippen molar-refractivity contribution in [3.8, 4) is 0 Å². The summed E-state index contributed by atoms with van der Waals surface area (Å²) < 4.78 is 0. The number of hydrogen-bond acceptors (Lipinski definition) is 1. The van der Waals surface area contributed by atoms with Gasteiger partial charge < -0.3 is 0 Å². The molecule has 0 rings (SSSR count). The summed E-state index contributed by atoms with van der Waals surface area (Å²) in [6.07, 6.45) is 0.808. The predicted molar refractivity (Wildman–Crippen MR) is 57.7 cm³/mol. The molecule has 4 atom stereocenters. The molecule has 0 radical (unpaired) electrons. The molecule has 54 valence electrons. The minimum absolute atomic E-state index is 0.337. The van der Waals surface area contributed by atoms with Crippen LogP contribution >= 0.6 is 46.6 Å². The lowest BCUT2D eigenvalue weighted by molar-refractivity contribution is -0.114. The van der Waals surface area contributed by atoms with E-state index in [-0.39, 0.29) is 0 Å². The Labute approximate surface area is 70.5 Å². The first kappa shape index (κ1) is 10.9. The molecule has 0 aromatic carbocycles. The molecule has 1 nitrogen and oxygen atoms in total. The van der Waals surface area contributed by atoms with Gasteiger partial charge in [-0.15, -0.1) is 0 Å². The van der Waals surface area contributed by atoms with Crippen LogP contribution < -0.4 is 0 Å². The Balaban J connectivity index is 2.83. The molecule has 0 heterocycles. The van der Waals surface area contributed by atoms with Gasteiger partial charge in [0.15, 0.2) is 0 Å². The highest BCUT2D eigenvalue weighted by molar-refractivity contribution is 9.43. The standard InChI is InChI=1S/C3H9BrOP4/c1-3(5)2-6-8-9-7-4/h6-9H,2H2,1H3. The summed E-state index contributed by atoms with van der Waals surface area (Å²) in [7, 11) is 2.96. The fraction of sp³-hybridized carbons (Fsp3) is 0.667. The van der Waals surface area contributed by atoms with Crippen molar-refractivity contribution in [1.29, 1.82) is 0 Å². The summed E-state index contributed by atoms with van der Waals surface area (Å²) in [5.41, 5.74) is 0. The second kappa shape index (κ2) is 7.97. The smallest absolute Gasteiger partial charge is 0.134 e. The highest BCUT2D eigenvalue weighted by Crippen LogP contribution is 2.64. The second-order valence-corrected chi connectivity index (χ2v) is 14.0. The molecule has 6 heteroatoms. The second-order valence-electron chi connectivity index (χ2n) is 1.40. The predicted octanol–water partition coefficient (Wildman–Crippen LogP) is 3.34. The molecule has 0 spiro atoms. The Morgan fingerprint density at radius 1 is 1.56 bits per heavy atom. The molecule has 0 aliphatic heterocycles. The SMILES string of the molecule is CC(=O)CPPPPBr. The third-order valence-corrected chi connectivity index (χ3v) is 15.6. The maximum Gasteiger partial charge on any atom is 0.134 e. The van der Waals surface area contributed by atoms with E-state index in [4.69, 9.17) is 0 Å². The van der Waals surface area contributed by atoms with Gasteiger partial charge in [0.05, 0.1) is 0 Å². The zero-order chi connectivity index (χ0) is 7.11. The summed E-state index contributed by atoms with van der Waals surface area (Å²) in [5, 5.41) is 0. The van der Waals surface area contributed by atoms with Crippen LogP contribution in [0.3, 0.4) is 0 Å². The van der Waals surface area contributed by atoms with Gasteiger partial charge in [0, 0.05) is 6.16 Å². The van der Waals surface area contributed by atoms with Crippen molar-refractivity contribution in [2.45, 2.75) is 6.92 Å². The molecule has 0 aromatic rings. The van der Waals surface area contributed by atoms with Crippen molar-refractivity contribution < 1.29 is 4.79 Å². The van der Waals surface area contributed by atoms with Crippen molar-refractivity contribution in [2.75, 3.05) is 6.16 Å². The Kier molecular flexibility index (Phi) is 9.63. The van der Waals surface area contributed by atoms with E-state index < -0.39 is 0 Å². The van der Waals surface area contributed by atoms with Crippen LogP contribution in [0.2, 0.25) is 0 Å². The van der Waals surface area contributed by atoms with Crippen LogP contribution in [0, 0.1) is 0 Å². The molecule has 0 aliphatic carbocycles. The number of rotatable bonds is 5. The lowest BCUT2D eigenvalue weighted by atomic mass is 10.5. The maximum absolute atomic E-state index is 10.4. The number of carbonyl (C=O) groups is 1. The number of carbonyl (C=O) groups excluding carboxylic acids is 1. The third kappa shape index (κ3) is 9.87. The van der Waals surface area contributed by atoms with Gasteiger partial charge in [-0.05, 0) is 13.9 Å². The fourth-order valence-corrected chi connectivity index (χ4v) is 15.8. The maximum atomic E-state index is 10.4. The van der Waals surface area contributed by atoms with Crippen LogP contribution in [0.5, 0.6) is 0 Å². The number of Topliss-reactive ketones (excluding diaryl/α,β-unsaturated/α-hetero) is 1. The summed E-state index contributed by atoms with van der Waals surface area (Å²) in [6.45, 7) is 2.57. The van der Waals surface area contributed by atoms with E-state index in [1.165, 1.54) is 0 Å². The average Bonchev–Trinajstić information content (AvgIpc) is 1.80. The van der Waals surface area contributed by atoms with E-state index in [1.54, 1.807) is 6.92 Å². The fourth-order valence-electron chi connectivity index (χ4n) is 0.236. The lowest BCUT2D eigenvalue weighted by Crippen LogP contribution is -1.87. The first-order chi connectivity index (χ1) is 4.27. The normalized spacial score (nSPS) is 14.9. The largest absolute Gasteiger partial charge is 0.300 e. The summed E-state index contributed by atoms with van der Waals surface area (Å²) in [5.74, 6) is 0.337. The molecular weight excluding hydrogens is 256 g/mol. The summed E-state index contributed by atoms with van der Waals surface area (Å²) in [4.78, 5) is 10.4. The number of ketones is 1. The minimum Gasteiger partial charge on any atom is -0.300 e. The lowest BCUT2D eigenvalue weighted by Gasteiger charge is -1.94. The van der Waals surface area contributed by atoms with Crippen LogP contribution in [0.1, 0.15) is 6.92 Å². The zero-order valence-electron chi connectivity index (χ0n) is 4.99. The molecular formula is C3H9BrOP4. The minimum atomic E-state index is 0.337. The van der Waals surface area contributed by atoms with Crippen LogP contribution in [0.4, 0.5) is 0 Å². The monoisotopic (exact) mass is 264 g/mol. The Bertz CT molecular complexity index is 87.9. The molecule has 0 aliphatic rings. The van der Waals surface area contributed by atoms with Crippen LogP contribution in [-0.4, -0.2) is 11.9 Å². The molecule has 4 unspecified atom stereocenters. The topological polar surface area (TPSA) is 17.1 Å². The molecule has 0 aromatic heterocycles. The summed E-state index contributed by atoms with van der Waals surface area (Å²) >= 11 is 3.38. The number of hydrogen-bond donors (Lipinski definition) is 0. The van der Waals surface area contributed by atoms with E-state index in [0.717, 1.165) is 37.3 Å². The van der Waals surface area contributed by atoms with Gasteiger partial charge in [0.1, 0.15) is 5.78 Å². The van der Waals surface area contributed by atoms with Crippen molar-refractivity contribution in [2.24, 2.45) is 0 Å². The van der Waals surface area contributed by atoms with Gasteiger partial charge >= 0.3 is 0 Å². The van der Waals surface area contributed by atoms with Gasteiger partial charge in [-0.25, -0.2) is 0 Å². The van der Waals surface area contributed by atoms with Crippen molar-refractivity contribution in [1.82, 2.24) is 0 Å². The van der Waals surface area contributed by atoms with E-state index >= 15 is 0 Å². The van der Waals surface area contributed by atoms with Crippen LogP contribution in [0.15, 0.2) is 0 Å². The van der Waals surface area contributed by atoms with Crippen molar-refractivity contribution in [3.05, 3.63) is 0 Å². The molecule has 0 saturated heterocycles. The molecule has 9 heavy (non-hydrogen) atoms. The summed E-state index contributed by atoms with van der Waals surface area (Å²) in [6, 6.07) is 0. The number of halogens is 1. The highest BCUT2D eigenvalue weighted by atomic mass is 79.9. The van der Waals surface area contributed by atoms with E-state index in [2.05, 4.69) is 15.5 Å². The molecule has 0 saturated carbocycles. The molecule has 0 fully saturated rings. The van der Waals surface area contributed by atoms with E-state index in [1.807, 2.05) is 0 Å². The Morgan fingerprint density at radius 3 is 2.67 bits per heavy atom. The zero-order valence-corrected chi connectivity index (χ0v) is 10.6. The molecule has 0 amide bonds. The first-order valence-electron chi connectivity index (χ1n) is 2.35.